The molecule has 0 saturated heterocycles. The normalized spacial score (nSPS) is 19.7. The molecule has 0 fully saturated rings. The maximum absolute atomic E-state index is 3.98. The number of hydrogen-bond donors (Lipinski definition) is 0. The second-order valence-corrected chi connectivity index (χ2v) is 3.95. The van der Waals surface area contributed by atoms with Gasteiger partial charge in [0.05, 0.1) is 0 Å². The first-order valence-corrected chi connectivity index (χ1v) is 4.33. The molecule has 1 aliphatic heterocycles. The molecule has 1 heterocycles. The molecule has 0 nitrogen and oxygen atoms in total. The Balaban J connectivity index is 2.52. The lowest BCUT2D eigenvalue weighted by Gasteiger charge is -1.78. The van der Waals surface area contributed by atoms with E-state index >= 15 is 0 Å². The van der Waals surface area contributed by atoms with Gasteiger partial charge in [-0.3, -0.25) is 0 Å². The van der Waals surface area contributed by atoms with E-state index in [2.05, 4.69) is 18.3 Å². The average Bonchev–Trinajstić information content (AvgIpc) is 1.86. The van der Waals surface area contributed by atoms with Gasteiger partial charge in [0, 0.05) is 8.41 Å². The maximum Gasteiger partial charge on any atom is 0.00990 e. The summed E-state index contributed by atoms with van der Waals surface area (Å²) in [7, 11) is -0.118. The molecule has 0 aromatic rings. The molecule has 0 aliphatic carbocycles. The predicted octanol–water partition coefficient (Wildman–Crippen LogP) is 1.06. The molecule has 0 bridgehead atoms. The SMILES string of the molecule is C=[Si]1CC=CC1. The fourth-order valence-corrected chi connectivity index (χ4v) is 1.75. The Kier molecular flexibility index (Phi) is 1.01. The van der Waals surface area contributed by atoms with E-state index < -0.39 is 0 Å². The molecular formula is C5H8Si. The van der Waals surface area contributed by atoms with Crippen molar-refractivity contribution in [3.63, 3.8) is 0 Å². The van der Waals surface area contributed by atoms with E-state index in [9.17, 15) is 0 Å². The van der Waals surface area contributed by atoms with Crippen LogP contribution in [0.5, 0.6) is 0 Å². The highest BCUT2D eigenvalue weighted by Gasteiger charge is 1.93. The summed E-state index contributed by atoms with van der Waals surface area (Å²) in [6.07, 6.45) is 8.45. The minimum Gasteiger partial charge on any atom is -0.118 e. The van der Waals surface area contributed by atoms with Crippen molar-refractivity contribution in [1.29, 1.82) is 0 Å². The Bertz CT molecular complexity index is 82.1. The minimum absolute atomic E-state index is 0.118. The molecule has 0 aromatic carbocycles. The van der Waals surface area contributed by atoms with Crippen molar-refractivity contribution in [2.24, 2.45) is 0 Å². The van der Waals surface area contributed by atoms with Gasteiger partial charge in [-0.2, -0.15) is 0 Å². The van der Waals surface area contributed by atoms with Crippen LogP contribution < -0.4 is 0 Å². The Morgan fingerprint density at radius 2 is 1.83 bits per heavy atom. The molecule has 32 valence electrons. The number of allylic oxidation sites excluding steroid dienone is 2. The van der Waals surface area contributed by atoms with Crippen molar-refractivity contribution < 1.29 is 0 Å². The van der Waals surface area contributed by atoms with Gasteiger partial charge in [-0.25, -0.2) is 0 Å². The van der Waals surface area contributed by atoms with Crippen molar-refractivity contribution in [2.75, 3.05) is 0 Å². The van der Waals surface area contributed by atoms with Gasteiger partial charge in [0.15, 0.2) is 0 Å². The summed E-state index contributed by atoms with van der Waals surface area (Å²) in [5.74, 6) is 0. The highest BCUT2D eigenvalue weighted by Crippen LogP contribution is 2.01. The third-order valence-corrected chi connectivity index (χ3v) is 2.61. The van der Waals surface area contributed by atoms with Crippen LogP contribution in [0.25, 0.3) is 0 Å². The van der Waals surface area contributed by atoms with Crippen LogP contribution in [0.4, 0.5) is 0 Å². The first-order valence-electron chi connectivity index (χ1n) is 2.21. The van der Waals surface area contributed by atoms with Crippen LogP contribution in [0.15, 0.2) is 12.2 Å². The van der Waals surface area contributed by atoms with Gasteiger partial charge in [-0.15, -0.1) is 6.17 Å². The van der Waals surface area contributed by atoms with Crippen molar-refractivity contribution in [3.05, 3.63) is 12.2 Å². The molecule has 1 heteroatoms. The number of hydrogen-bond acceptors (Lipinski definition) is 0. The fourth-order valence-electron chi connectivity index (χ4n) is 0.583. The lowest BCUT2D eigenvalue weighted by molar-refractivity contribution is 1.75. The molecule has 0 saturated carbocycles. The fraction of sp³-hybridized carbons (Fsp3) is 0.400. The van der Waals surface area contributed by atoms with E-state index in [1.54, 1.807) is 0 Å². The lowest BCUT2D eigenvalue weighted by Crippen LogP contribution is -1.86. The van der Waals surface area contributed by atoms with Gasteiger partial charge in [-0.05, 0) is 12.1 Å². The largest absolute Gasteiger partial charge is 0.118 e. The molecule has 0 spiro atoms. The summed E-state index contributed by atoms with van der Waals surface area (Å²) in [5.41, 5.74) is 0. The molecule has 1 rings (SSSR count). The molecule has 0 radical (unpaired) electrons. The first-order chi connectivity index (χ1) is 2.89. The van der Waals surface area contributed by atoms with Gasteiger partial charge in [0.25, 0.3) is 0 Å². The smallest absolute Gasteiger partial charge is 0.00990 e. The summed E-state index contributed by atoms with van der Waals surface area (Å²) in [5, 5.41) is 0. The lowest BCUT2D eigenvalue weighted by atomic mass is 10.6. The van der Waals surface area contributed by atoms with Crippen LogP contribution in [0.2, 0.25) is 12.1 Å². The summed E-state index contributed by atoms with van der Waals surface area (Å²) in [6, 6.07) is 2.59. The molecule has 6 heavy (non-hydrogen) atoms. The second kappa shape index (κ2) is 1.52. The summed E-state index contributed by atoms with van der Waals surface area (Å²) in [6.45, 7) is 0. The number of rotatable bonds is 0. The Hall–Kier alpha value is -0.173. The minimum atomic E-state index is -0.118. The third kappa shape index (κ3) is 0.656. The van der Waals surface area contributed by atoms with Crippen LogP contribution in [-0.2, 0) is 0 Å². The van der Waals surface area contributed by atoms with Gasteiger partial charge < -0.3 is 0 Å². The third-order valence-electron chi connectivity index (χ3n) is 0.980. The Morgan fingerprint density at radius 3 is 2.00 bits per heavy atom. The quantitative estimate of drug-likeness (QED) is 0.312. The van der Waals surface area contributed by atoms with Crippen LogP contribution in [0, 0.1) is 0 Å². The predicted molar refractivity (Wildman–Crippen MR) is 31.6 cm³/mol. The van der Waals surface area contributed by atoms with E-state index in [0.717, 1.165) is 0 Å². The van der Waals surface area contributed by atoms with E-state index in [4.69, 9.17) is 0 Å². The second-order valence-electron chi connectivity index (χ2n) is 1.63. The molecule has 0 amide bonds. The summed E-state index contributed by atoms with van der Waals surface area (Å²) >= 11 is 0. The Labute approximate surface area is 39.7 Å². The van der Waals surface area contributed by atoms with Gasteiger partial charge >= 0.3 is 0 Å². The monoisotopic (exact) mass is 96.0 g/mol. The molecule has 0 N–H and O–H groups in total. The average molecular weight is 96.2 g/mol. The van der Waals surface area contributed by atoms with Gasteiger partial charge in [0.1, 0.15) is 0 Å². The van der Waals surface area contributed by atoms with E-state index in [1.165, 1.54) is 12.1 Å². The van der Waals surface area contributed by atoms with Crippen molar-refractivity contribution in [1.82, 2.24) is 0 Å². The highest BCUT2D eigenvalue weighted by atomic mass is 28.2. The molecule has 0 aromatic heterocycles. The van der Waals surface area contributed by atoms with E-state index in [-0.39, 0.29) is 8.41 Å². The zero-order valence-electron chi connectivity index (χ0n) is 3.78. The zero-order chi connectivity index (χ0) is 4.41. The molecule has 0 atom stereocenters. The first kappa shape index (κ1) is 4.00. The Morgan fingerprint density at radius 1 is 1.33 bits per heavy atom. The maximum atomic E-state index is 3.98. The topological polar surface area (TPSA) is 0 Å². The van der Waals surface area contributed by atoms with Crippen LogP contribution in [-0.4, -0.2) is 14.6 Å². The standard InChI is InChI=1S/C5H8Si/c1-6-4-2-3-5-6/h2-3H,1,4-5H2. The zero-order valence-corrected chi connectivity index (χ0v) is 4.78. The van der Waals surface area contributed by atoms with Crippen molar-refractivity contribution in [2.45, 2.75) is 12.1 Å². The van der Waals surface area contributed by atoms with Crippen LogP contribution in [0.3, 0.4) is 0 Å². The van der Waals surface area contributed by atoms with Crippen molar-refractivity contribution >= 4 is 14.6 Å². The summed E-state index contributed by atoms with van der Waals surface area (Å²) in [4.78, 5) is 0. The van der Waals surface area contributed by atoms with Crippen LogP contribution in [0.1, 0.15) is 0 Å². The molecular weight excluding hydrogens is 88.1 g/mol. The van der Waals surface area contributed by atoms with Gasteiger partial charge in [0.2, 0.25) is 0 Å². The summed E-state index contributed by atoms with van der Waals surface area (Å²) < 4.78 is 0. The molecule has 0 unspecified atom stereocenters. The van der Waals surface area contributed by atoms with Gasteiger partial charge in [-0.1, -0.05) is 12.2 Å². The van der Waals surface area contributed by atoms with E-state index in [0.29, 0.717) is 0 Å². The van der Waals surface area contributed by atoms with E-state index in [1.807, 2.05) is 0 Å². The van der Waals surface area contributed by atoms with Crippen LogP contribution >= 0.6 is 0 Å². The van der Waals surface area contributed by atoms with Crippen molar-refractivity contribution in [3.8, 4) is 0 Å². The highest BCUT2D eigenvalue weighted by molar-refractivity contribution is 6.63. The molecule has 1 aliphatic rings.